The molecule has 0 saturated heterocycles. The molecule has 0 aromatic heterocycles. The largest absolute Gasteiger partial charge is 0.493 e. The summed E-state index contributed by atoms with van der Waals surface area (Å²) in [6, 6.07) is 33.9. The minimum atomic E-state index is -0.686. The van der Waals surface area contributed by atoms with Crippen molar-refractivity contribution in [3.05, 3.63) is 120 Å². The lowest BCUT2D eigenvalue weighted by molar-refractivity contribution is -0.116. The van der Waals surface area contributed by atoms with E-state index in [0.717, 1.165) is 16.7 Å². The number of amides is 1. The summed E-state index contributed by atoms with van der Waals surface area (Å²) in [5, 5.41) is 3.05. The lowest BCUT2D eigenvalue weighted by Crippen LogP contribution is -2.34. The fourth-order valence-corrected chi connectivity index (χ4v) is 4.57. The standard InChI is InChI=1S/C30H29NO4/c1-33-26-19-25(20-27(34-2)29(26)35-3)31-28(32)21-30(22-13-7-4-8-14-22,23-15-9-5-10-16-23)24-17-11-6-12-18-24/h4-20H,21H2,1-3H3,(H,31,32). The molecule has 178 valence electrons. The predicted molar refractivity (Wildman–Crippen MR) is 139 cm³/mol. The van der Waals surface area contributed by atoms with Crippen LogP contribution in [0.5, 0.6) is 17.2 Å². The van der Waals surface area contributed by atoms with Crippen molar-refractivity contribution in [3.63, 3.8) is 0 Å². The van der Waals surface area contributed by atoms with E-state index in [0.29, 0.717) is 22.9 Å². The molecule has 0 unspecified atom stereocenters. The molecule has 1 amide bonds. The van der Waals surface area contributed by atoms with Gasteiger partial charge in [-0.05, 0) is 16.7 Å². The van der Waals surface area contributed by atoms with Gasteiger partial charge in [0.05, 0.1) is 26.7 Å². The Hall–Kier alpha value is -4.25. The van der Waals surface area contributed by atoms with Crippen LogP contribution in [0.25, 0.3) is 0 Å². The summed E-state index contributed by atoms with van der Waals surface area (Å²) < 4.78 is 16.3. The molecular weight excluding hydrogens is 438 g/mol. The lowest BCUT2D eigenvalue weighted by atomic mass is 9.67. The van der Waals surface area contributed by atoms with Crippen molar-refractivity contribution in [2.75, 3.05) is 26.6 Å². The average molecular weight is 468 g/mol. The zero-order chi connectivity index (χ0) is 24.7. The number of anilines is 1. The van der Waals surface area contributed by atoms with Crippen LogP contribution in [-0.4, -0.2) is 27.2 Å². The number of carbonyl (C=O) groups is 1. The van der Waals surface area contributed by atoms with E-state index in [1.165, 1.54) is 0 Å². The highest BCUT2D eigenvalue weighted by Crippen LogP contribution is 2.43. The Morgan fingerprint density at radius 1 is 0.657 bits per heavy atom. The van der Waals surface area contributed by atoms with Crippen molar-refractivity contribution in [2.45, 2.75) is 11.8 Å². The van der Waals surface area contributed by atoms with Crippen LogP contribution in [0, 0.1) is 0 Å². The fraction of sp³-hybridized carbons (Fsp3) is 0.167. The number of methoxy groups -OCH3 is 3. The third-order valence-corrected chi connectivity index (χ3v) is 6.17. The van der Waals surface area contributed by atoms with E-state index in [2.05, 4.69) is 41.7 Å². The monoisotopic (exact) mass is 467 g/mol. The molecule has 5 heteroatoms. The second kappa shape index (κ2) is 10.8. The van der Waals surface area contributed by atoms with Gasteiger partial charge in [-0.15, -0.1) is 0 Å². The van der Waals surface area contributed by atoms with Crippen LogP contribution in [0.3, 0.4) is 0 Å². The van der Waals surface area contributed by atoms with Gasteiger partial charge in [0.25, 0.3) is 0 Å². The molecule has 0 heterocycles. The van der Waals surface area contributed by atoms with Gasteiger partial charge in [-0.3, -0.25) is 4.79 Å². The molecule has 4 rings (SSSR count). The molecule has 0 atom stereocenters. The zero-order valence-corrected chi connectivity index (χ0v) is 20.2. The maximum Gasteiger partial charge on any atom is 0.225 e. The molecule has 0 aliphatic heterocycles. The molecule has 0 aliphatic carbocycles. The molecule has 0 saturated carbocycles. The van der Waals surface area contributed by atoms with Crippen LogP contribution >= 0.6 is 0 Å². The molecule has 0 radical (unpaired) electrons. The highest BCUT2D eigenvalue weighted by Gasteiger charge is 2.38. The Kier molecular flexibility index (Phi) is 7.36. The van der Waals surface area contributed by atoms with Crippen molar-refractivity contribution >= 4 is 11.6 Å². The van der Waals surface area contributed by atoms with Crippen molar-refractivity contribution in [1.29, 1.82) is 0 Å². The van der Waals surface area contributed by atoms with Crippen LogP contribution in [0.15, 0.2) is 103 Å². The average Bonchev–Trinajstić information content (AvgIpc) is 2.92. The molecule has 1 N–H and O–H groups in total. The highest BCUT2D eigenvalue weighted by molar-refractivity contribution is 5.93. The Bertz CT molecular complexity index is 1140. The van der Waals surface area contributed by atoms with Crippen LogP contribution in [0.2, 0.25) is 0 Å². The summed E-state index contributed by atoms with van der Waals surface area (Å²) in [7, 11) is 4.65. The van der Waals surface area contributed by atoms with E-state index in [1.807, 2.05) is 54.6 Å². The maximum atomic E-state index is 13.7. The van der Waals surface area contributed by atoms with Gasteiger partial charge >= 0.3 is 0 Å². The number of carbonyl (C=O) groups excluding carboxylic acids is 1. The number of rotatable bonds is 9. The summed E-state index contributed by atoms with van der Waals surface area (Å²) in [4.78, 5) is 13.7. The smallest absolute Gasteiger partial charge is 0.225 e. The van der Waals surface area contributed by atoms with E-state index in [-0.39, 0.29) is 12.3 Å². The van der Waals surface area contributed by atoms with Crippen molar-refractivity contribution in [3.8, 4) is 17.2 Å². The van der Waals surface area contributed by atoms with Gasteiger partial charge in [0.1, 0.15) is 0 Å². The second-order valence-electron chi connectivity index (χ2n) is 8.14. The summed E-state index contributed by atoms with van der Waals surface area (Å²) in [5.41, 5.74) is 2.99. The van der Waals surface area contributed by atoms with Crippen molar-refractivity contribution < 1.29 is 19.0 Å². The quantitative estimate of drug-likeness (QED) is 0.303. The first-order valence-electron chi connectivity index (χ1n) is 11.4. The highest BCUT2D eigenvalue weighted by atomic mass is 16.5. The van der Waals surface area contributed by atoms with Gasteiger partial charge in [0, 0.05) is 24.2 Å². The molecule has 0 fully saturated rings. The number of hydrogen-bond donors (Lipinski definition) is 1. The van der Waals surface area contributed by atoms with Gasteiger partial charge in [-0.2, -0.15) is 0 Å². The van der Waals surface area contributed by atoms with Crippen molar-refractivity contribution in [2.24, 2.45) is 0 Å². The molecule has 0 aliphatic rings. The first-order chi connectivity index (χ1) is 17.1. The van der Waals surface area contributed by atoms with E-state index in [1.54, 1.807) is 33.5 Å². The molecule has 4 aromatic rings. The van der Waals surface area contributed by atoms with Crippen LogP contribution in [0.4, 0.5) is 5.69 Å². The fourth-order valence-electron chi connectivity index (χ4n) is 4.57. The maximum absolute atomic E-state index is 13.7. The van der Waals surface area contributed by atoms with E-state index in [9.17, 15) is 4.79 Å². The Morgan fingerprint density at radius 3 is 1.40 bits per heavy atom. The number of nitrogens with one attached hydrogen (secondary N) is 1. The number of benzene rings is 4. The van der Waals surface area contributed by atoms with Crippen LogP contribution in [0.1, 0.15) is 23.1 Å². The summed E-state index contributed by atoms with van der Waals surface area (Å²) in [6.45, 7) is 0. The normalized spacial score (nSPS) is 10.9. The first kappa shape index (κ1) is 23.9. The third-order valence-electron chi connectivity index (χ3n) is 6.17. The first-order valence-corrected chi connectivity index (χ1v) is 11.4. The Morgan fingerprint density at radius 2 is 1.06 bits per heavy atom. The van der Waals surface area contributed by atoms with E-state index < -0.39 is 5.41 Å². The van der Waals surface area contributed by atoms with Crippen molar-refractivity contribution in [1.82, 2.24) is 0 Å². The molecule has 0 bridgehead atoms. The van der Waals surface area contributed by atoms with Crippen LogP contribution < -0.4 is 19.5 Å². The second-order valence-corrected chi connectivity index (χ2v) is 8.14. The topological polar surface area (TPSA) is 56.8 Å². The zero-order valence-electron chi connectivity index (χ0n) is 20.2. The summed E-state index contributed by atoms with van der Waals surface area (Å²) in [5.74, 6) is 1.28. The minimum Gasteiger partial charge on any atom is -0.493 e. The predicted octanol–water partition coefficient (Wildman–Crippen LogP) is 6.08. The van der Waals surface area contributed by atoms with Gasteiger partial charge in [0.15, 0.2) is 11.5 Å². The van der Waals surface area contributed by atoms with Gasteiger partial charge in [-0.1, -0.05) is 91.0 Å². The van der Waals surface area contributed by atoms with Gasteiger partial charge < -0.3 is 19.5 Å². The number of hydrogen-bond acceptors (Lipinski definition) is 4. The molecule has 0 spiro atoms. The number of ether oxygens (including phenoxy) is 3. The Balaban J connectivity index is 1.80. The third kappa shape index (κ3) is 4.85. The Labute approximate surface area is 206 Å². The molecular formula is C30H29NO4. The van der Waals surface area contributed by atoms with Gasteiger partial charge in [-0.25, -0.2) is 0 Å². The lowest BCUT2D eigenvalue weighted by Gasteiger charge is -2.35. The minimum absolute atomic E-state index is 0.143. The molecule has 35 heavy (non-hydrogen) atoms. The summed E-state index contributed by atoms with van der Waals surface area (Å²) in [6.07, 6.45) is 0.196. The van der Waals surface area contributed by atoms with Crippen LogP contribution in [-0.2, 0) is 10.2 Å². The molecule has 5 nitrogen and oxygen atoms in total. The molecule has 4 aromatic carbocycles. The van der Waals surface area contributed by atoms with Gasteiger partial charge in [0.2, 0.25) is 11.7 Å². The summed E-state index contributed by atoms with van der Waals surface area (Å²) >= 11 is 0. The van der Waals surface area contributed by atoms with E-state index >= 15 is 0 Å². The van der Waals surface area contributed by atoms with E-state index in [4.69, 9.17) is 14.2 Å². The SMILES string of the molecule is COc1cc(NC(=O)CC(c2ccccc2)(c2ccccc2)c2ccccc2)cc(OC)c1OC.